The van der Waals surface area contributed by atoms with Gasteiger partial charge in [-0.1, -0.05) is 6.42 Å². The molecule has 1 fully saturated rings. The summed E-state index contributed by atoms with van der Waals surface area (Å²) in [5, 5.41) is 9.50. The Morgan fingerprint density at radius 2 is 2.33 bits per heavy atom. The molecule has 1 aromatic heterocycles. The summed E-state index contributed by atoms with van der Waals surface area (Å²) in [6.45, 7) is 2.64. The number of pyridine rings is 1. The molecule has 1 unspecified atom stereocenters. The van der Waals surface area contributed by atoms with Gasteiger partial charge in [-0.15, -0.1) is 0 Å². The number of hydrogen-bond donors (Lipinski definition) is 1. The highest BCUT2D eigenvalue weighted by Gasteiger charge is 2.16. The fraction of sp³-hybridized carbons (Fsp3) is 0.538. The van der Waals surface area contributed by atoms with Gasteiger partial charge < -0.3 is 9.67 Å². The molecule has 0 aromatic carbocycles. The van der Waals surface area contributed by atoms with Crippen molar-refractivity contribution >= 4 is 17.7 Å². The summed E-state index contributed by atoms with van der Waals surface area (Å²) < 4.78 is 1.90. The van der Waals surface area contributed by atoms with E-state index in [-0.39, 0.29) is 5.56 Å². The molecule has 0 aliphatic carbocycles. The van der Waals surface area contributed by atoms with Crippen LogP contribution in [0.4, 0.5) is 0 Å². The lowest BCUT2D eigenvalue weighted by Crippen LogP contribution is -2.23. The maximum atomic E-state index is 11.5. The zero-order chi connectivity index (χ0) is 13.1. The molecule has 2 rings (SSSR count). The highest BCUT2D eigenvalue weighted by Crippen LogP contribution is 2.26. The number of thioether (sulfide) groups is 1. The van der Waals surface area contributed by atoms with Crippen LogP contribution >= 0.6 is 11.8 Å². The molecule has 0 spiro atoms. The third kappa shape index (κ3) is 2.96. The Hall–Kier alpha value is -1.23. The monoisotopic (exact) mass is 267 g/mol. The van der Waals surface area contributed by atoms with Gasteiger partial charge in [0, 0.05) is 29.8 Å². The number of carboxylic acid groups (broad SMARTS) is 1. The Balaban J connectivity index is 2.23. The zero-order valence-electron chi connectivity index (χ0n) is 10.4. The predicted octanol–water partition coefficient (Wildman–Crippen LogP) is 2.14. The molecule has 1 saturated heterocycles. The van der Waals surface area contributed by atoms with Crippen molar-refractivity contribution in [2.75, 3.05) is 5.75 Å². The fourth-order valence-corrected chi connectivity index (χ4v) is 3.50. The van der Waals surface area contributed by atoms with Gasteiger partial charge in [0.25, 0.3) is 0 Å². The highest BCUT2D eigenvalue weighted by molar-refractivity contribution is 7.99. The minimum absolute atomic E-state index is 0.138. The Labute approximate surface area is 110 Å². The predicted molar refractivity (Wildman–Crippen MR) is 72.5 cm³/mol. The molecule has 98 valence electrons. The smallest absolute Gasteiger partial charge is 0.341 e. The van der Waals surface area contributed by atoms with Gasteiger partial charge in [0.1, 0.15) is 5.56 Å². The van der Waals surface area contributed by atoms with E-state index in [0.717, 1.165) is 12.2 Å². The first-order valence-electron chi connectivity index (χ1n) is 6.14. The molecule has 1 N–H and O–H groups in total. The van der Waals surface area contributed by atoms with Gasteiger partial charge in [0.15, 0.2) is 5.43 Å². The van der Waals surface area contributed by atoms with Crippen LogP contribution in [0.25, 0.3) is 0 Å². The third-order valence-electron chi connectivity index (χ3n) is 3.25. The molecule has 2 heterocycles. The van der Waals surface area contributed by atoms with Crippen LogP contribution in [0.3, 0.4) is 0 Å². The molecule has 1 aliphatic rings. The van der Waals surface area contributed by atoms with E-state index in [4.69, 9.17) is 5.11 Å². The van der Waals surface area contributed by atoms with Gasteiger partial charge in [0.2, 0.25) is 0 Å². The Morgan fingerprint density at radius 1 is 1.56 bits per heavy atom. The van der Waals surface area contributed by atoms with Crippen molar-refractivity contribution in [3.63, 3.8) is 0 Å². The number of carboxylic acids is 1. The molecular weight excluding hydrogens is 250 g/mol. The molecule has 0 amide bonds. The van der Waals surface area contributed by atoms with Crippen LogP contribution in [0, 0.1) is 6.92 Å². The molecule has 1 aliphatic heterocycles. The van der Waals surface area contributed by atoms with E-state index >= 15 is 0 Å². The van der Waals surface area contributed by atoms with Crippen molar-refractivity contribution in [3.8, 4) is 0 Å². The summed E-state index contributed by atoms with van der Waals surface area (Å²) in [5.41, 5.74) is 0.283. The minimum Gasteiger partial charge on any atom is -0.477 e. The third-order valence-corrected chi connectivity index (χ3v) is 4.63. The second-order valence-electron chi connectivity index (χ2n) is 4.64. The Morgan fingerprint density at radius 3 is 2.94 bits per heavy atom. The fourth-order valence-electron chi connectivity index (χ4n) is 2.20. The average Bonchev–Trinajstić information content (AvgIpc) is 2.33. The SMILES string of the molecule is Cc1cc(=O)c(C(=O)O)cn1CC1CCCCS1. The van der Waals surface area contributed by atoms with Crippen molar-refractivity contribution in [3.05, 3.63) is 33.7 Å². The van der Waals surface area contributed by atoms with E-state index in [1.165, 1.54) is 37.3 Å². The first kappa shape index (κ1) is 13.2. The van der Waals surface area contributed by atoms with Crippen LogP contribution in [-0.4, -0.2) is 26.6 Å². The van der Waals surface area contributed by atoms with Crippen LogP contribution in [0.2, 0.25) is 0 Å². The van der Waals surface area contributed by atoms with E-state index in [1.54, 1.807) is 0 Å². The van der Waals surface area contributed by atoms with Gasteiger partial charge in [0.05, 0.1) is 0 Å². The number of nitrogens with zero attached hydrogens (tertiary/aromatic N) is 1. The van der Waals surface area contributed by atoms with Gasteiger partial charge in [-0.25, -0.2) is 4.79 Å². The van der Waals surface area contributed by atoms with Gasteiger partial charge in [-0.2, -0.15) is 11.8 Å². The minimum atomic E-state index is -1.15. The van der Waals surface area contributed by atoms with Crippen molar-refractivity contribution in [1.29, 1.82) is 0 Å². The largest absolute Gasteiger partial charge is 0.477 e. The molecule has 4 nitrogen and oxygen atoms in total. The van der Waals surface area contributed by atoms with Gasteiger partial charge >= 0.3 is 5.97 Å². The van der Waals surface area contributed by atoms with Crippen LogP contribution < -0.4 is 5.43 Å². The van der Waals surface area contributed by atoms with E-state index in [0.29, 0.717) is 5.25 Å². The van der Waals surface area contributed by atoms with E-state index in [2.05, 4.69) is 0 Å². The lowest BCUT2D eigenvalue weighted by atomic mass is 10.1. The molecular formula is C13H17NO3S. The summed E-state index contributed by atoms with van der Waals surface area (Å²) in [6, 6.07) is 1.41. The molecule has 0 saturated carbocycles. The molecule has 1 aromatic rings. The number of aromatic carboxylic acids is 1. The van der Waals surface area contributed by atoms with E-state index in [9.17, 15) is 9.59 Å². The Kier molecular flexibility index (Phi) is 4.11. The van der Waals surface area contributed by atoms with E-state index in [1.807, 2.05) is 23.3 Å². The van der Waals surface area contributed by atoms with Crippen molar-refractivity contribution in [2.24, 2.45) is 0 Å². The average molecular weight is 267 g/mol. The van der Waals surface area contributed by atoms with Crippen LogP contribution in [-0.2, 0) is 6.54 Å². The van der Waals surface area contributed by atoms with Crippen molar-refractivity contribution in [2.45, 2.75) is 38.0 Å². The molecule has 18 heavy (non-hydrogen) atoms. The first-order valence-corrected chi connectivity index (χ1v) is 7.19. The van der Waals surface area contributed by atoms with E-state index < -0.39 is 11.4 Å². The summed E-state index contributed by atoms with van der Waals surface area (Å²) in [4.78, 5) is 22.5. The second kappa shape index (κ2) is 5.61. The number of carbonyl (C=O) groups is 1. The number of aromatic nitrogens is 1. The molecule has 0 bridgehead atoms. The lowest BCUT2D eigenvalue weighted by molar-refractivity contribution is 0.0694. The van der Waals surface area contributed by atoms with Gasteiger partial charge in [-0.3, -0.25) is 4.79 Å². The summed E-state index contributed by atoms with van der Waals surface area (Å²) in [5.74, 6) is 0.0282. The Bertz CT molecular complexity index is 503. The van der Waals surface area contributed by atoms with Crippen molar-refractivity contribution in [1.82, 2.24) is 4.57 Å². The van der Waals surface area contributed by atoms with Crippen molar-refractivity contribution < 1.29 is 9.90 Å². The quantitative estimate of drug-likeness (QED) is 0.911. The first-order chi connectivity index (χ1) is 8.58. The molecule has 5 heteroatoms. The normalized spacial score (nSPS) is 19.7. The number of rotatable bonds is 3. The second-order valence-corrected chi connectivity index (χ2v) is 6.05. The molecule has 1 atom stereocenters. The topological polar surface area (TPSA) is 59.3 Å². The maximum Gasteiger partial charge on any atom is 0.341 e. The van der Waals surface area contributed by atoms with Gasteiger partial charge in [-0.05, 0) is 25.5 Å². The van der Waals surface area contributed by atoms with Crippen LogP contribution in [0.1, 0.15) is 35.3 Å². The zero-order valence-corrected chi connectivity index (χ0v) is 11.2. The lowest BCUT2D eigenvalue weighted by Gasteiger charge is -2.23. The summed E-state index contributed by atoms with van der Waals surface area (Å²) in [6.07, 6.45) is 5.15. The maximum absolute atomic E-state index is 11.5. The number of hydrogen-bond acceptors (Lipinski definition) is 3. The van der Waals surface area contributed by atoms with Crippen LogP contribution in [0.5, 0.6) is 0 Å². The summed E-state index contributed by atoms with van der Waals surface area (Å²) in [7, 11) is 0. The highest BCUT2D eigenvalue weighted by atomic mass is 32.2. The van der Waals surface area contributed by atoms with Crippen LogP contribution in [0.15, 0.2) is 17.1 Å². The molecule has 0 radical (unpaired) electrons. The summed E-state index contributed by atoms with van der Waals surface area (Å²) >= 11 is 1.94. The standard InChI is InChI=1S/C13H17NO3S/c1-9-6-12(15)11(13(16)17)8-14(9)7-10-4-2-3-5-18-10/h6,8,10H,2-5,7H2,1H3,(H,16,17). The number of aryl methyl sites for hydroxylation is 1.